The van der Waals surface area contributed by atoms with Gasteiger partial charge < -0.3 is 10.2 Å². The van der Waals surface area contributed by atoms with Crippen molar-refractivity contribution in [2.24, 2.45) is 7.05 Å². The minimum atomic E-state index is -0.230. The number of para-hydroxylation sites is 1. The van der Waals surface area contributed by atoms with E-state index >= 15 is 0 Å². The molecular formula is C23H23ClN8O2. The number of fused-ring (bicyclic) bond motifs is 1. The number of benzene rings is 1. The SMILES string of the molecule is C=CC(=O)N1CC[C@H](N2C(=O)N(c3ccccc3)Cc3cnc(Nc4cn(C)nc4Cl)nc32)C1. The summed E-state index contributed by atoms with van der Waals surface area (Å²) in [4.78, 5) is 40.2. The second-order valence-electron chi connectivity index (χ2n) is 8.18. The molecule has 3 aromatic rings. The third-order valence-electron chi connectivity index (χ3n) is 5.95. The third-order valence-corrected chi connectivity index (χ3v) is 6.23. The lowest BCUT2D eigenvalue weighted by Crippen LogP contribution is -2.53. The smallest absolute Gasteiger partial charge is 0.330 e. The predicted octanol–water partition coefficient (Wildman–Crippen LogP) is 3.34. The average molecular weight is 479 g/mol. The summed E-state index contributed by atoms with van der Waals surface area (Å²) in [6.07, 6.45) is 5.37. The molecule has 1 fully saturated rings. The van der Waals surface area contributed by atoms with Crippen molar-refractivity contribution in [2.45, 2.75) is 19.0 Å². The average Bonchev–Trinajstić information content (AvgIpc) is 3.45. The van der Waals surface area contributed by atoms with Gasteiger partial charge in [0.2, 0.25) is 11.9 Å². The molecule has 0 spiro atoms. The third kappa shape index (κ3) is 3.96. The molecule has 0 bridgehead atoms. The topological polar surface area (TPSA) is 99.5 Å². The molecule has 1 saturated heterocycles. The van der Waals surface area contributed by atoms with Gasteiger partial charge in [0.15, 0.2) is 5.15 Å². The van der Waals surface area contributed by atoms with E-state index in [9.17, 15) is 9.59 Å². The van der Waals surface area contributed by atoms with Crippen LogP contribution in [-0.2, 0) is 18.4 Å². The number of halogens is 1. The molecule has 34 heavy (non-hydrogen) atoms. The Bertz CT molecular complexity index is 1260. The van der Waals surface area contributed by atoms with Gasteiger partial charge in [0.05, 0.1) is 18.3 Å². The van der Waals surface area contributed by atoms with Crippen LogP contribution >= 0.6 is 11.6 Å². The number of amides is 3. The lowest BCUT2D eigenvalue weighted by molar-refractivity contribution is -0.125. The number of rotatable bonds is 5. The van der Waals surface area contributed by atoms with E-state index in [1.54, 1.807) is 38.8 Å². The highest BCUT2D eigenvalue weighted by Crippen LogP contribution is 2.35. The lowest BCUT2D eigenvalue weighted by Gasteiger charge is -2.39. The second kappa shape index (κ2) is 8.79. The quantitative estimate of drug-likeness (QED) is 0.564. The molecule has 174 valence electrons. The van der Waals surface area contributed by atoms with Gasteiger partial charge in [-0.2, -0.15) is 10.1 Å². The Morgan fingerprint density at radius 1 is 1.29 bits per heavy atom. The molecule has 3 amide bonds. The number of urea groups is 1. The van der Waals surface area contributed by atoms with Crippen molar-refractivity contribution < 1.29 is 9.59 Å². The molecule has 0 radical (unpaired) electrons. The highest BCUT2D eigenvalue weighted by atomic mass is 35.5. The summed E-state index contributed by atoms with van der Waals surface area (Å²) in [7, 11) is 1.76. The van der Waals surface area contributed by atoms with Crippen molar-refractivity contribution in [1.29, 1.82) is 0 Å². The maximum Gasteiger partial charge on any atom is 0.330 e. The van der Waals surface area contributed by atoms with Crippen LogP contribution in [-0.4, -0.2) is 55.7 Å². The van der Waals surface area contributed by atoms with Gasteiger partial charge >= 0.3 is 6.03 Å². The molecule has 5 rings (SSSR count). The van der Waals surface area contributed by atoms with E-state index in [1.165, 1.54) is 6.08 Å². The molecular weight excluding hydrogens is 456 g/mol. The Kier molecular flexibility index (Phi) is 5.66. The van der Waals surface area contributed by atoms with Crippen molar-refractivity contribution in [1.82, 2.24) is 24.6 Å². The van der Waals surface area contributed by atoms with Crippen LogP contribution in [0.3, 0.4) is 0 Å². The zero-order valence-electron chi connectivity index (χ0n) is 18.6. The van der Waals surface area contributed by atoms with Crippen LogP contribution in [0.1, 0.15) is 12.0 Å². The molecule has 1 aromatic carbocycles. The highest BCUT2D eigenvalue weighted by molar-refractivity contribution is 6.32. The van der Waals surface area contributed by atoms with Crippen molar-refractivity contribution in [3.8, 4) is 0 Å². The van der Waals surface area contributed by atoms with Crippen molar-refractivity contribution in [2.75, 3.05) is 28.2 Å². The summed E-state index contributed by atoms with van der Waals surface area (Å²) < 4.78 is 1.58. The van der Waals surface area contributed by atoms with E-state index in [0.29, 0.717) is 48.7 Å². The van der Waals surface area contributed by atoms with Gasteiger partial charge in [0.1, 0.15) is 5.82 Å². The fourth-order valence-electron chi connectivity index (χ4n) is 4.32. The Balaban J connectivity index is 1.52. The first-order chi connectivity index (χ1) is 16.4. The number of hydrogen-bond donors (Lipinski definition) is 1. The molecule has 0 aliphatic carbocycles. The minimum absolute atomic E-state index is 0.150. The van der Waals surface area contributed by atoms with E-state index in [2.05, 4.69) is 22.0 Å². The molecule has 0 unspecified atom stereocenters. The number of aromatic nitrogens is 4. The van der Waals surface area contributed by atoms with Gasteiger partial charge in [0, 0.05) is 43.8 Å². The Morgan fingerprint density at radius 3 is 2.79 bits per heavy atom. The second-order valence-corrected chi connectivity index (χ2v) is 8.54. The largest absolute Gasteiger partial charge is 0.337 e. The summed E-state index contributed by atoms with van der Waals surface area (Å²) in [6, 6.07) is 9.05. The van der Waals surface area contributed by atoms with Crippen molar-refractivity contribution in [3.63, 3.8) is 0 Å². The first kappa shape index (κ1) is 21.9. The van der Waals surface area contributed by atoms with Gasteiger partial charge in [-0.3, -0.25) is 19.3 Å². The molecule has 2 aliphatic rings. The number of likely N-dealkylation sites (tertiary alicyclic amines) is 1. The number of carbonyl (C=O) groups is 2. The molecule has 1 N–H and O–H groups in total. The Morgan fingerprint density at radius 2 is 2.09 bits per heavy atom. The summed E-state index contributed by atoms with van der Waals surface area (Å²) in [6.45, 7) is 4.86. The van der Waals surface area contributed by atoms with Crippen LogP contribution in [0.25, 0.3) is 0 Å². The molecule has 1 atom stereocenters. The van der Waals surface area contributed by atoms with Crippen LogP contribution in [0, 0.1) is 0 Å². The van der Waals surface area contributed by atoms with E-state index in [1.807, 2.05) is 30.3 Å². The zero-order valence-corrected chi connectivity index (χ0v) is 19.3. The molecule has 2 aromatic heterocycles. The molecule has 0 saturated carbocycles. The van der Waals surface area contributed by atoms with Crippen molar-refractivity contribution in [3.05, 3.63) is 66.1 Å². The Hall–Kier alpha value is -3.92. The predicted molar refractivity (Wildman–Crippen MR) is 129 cm³/mol. The normalized spacial score (nSPS) is 17.6. The first-order valence-corrected chi connectivity index (χ1v) is 11.2. The van der Waals surface area contributed by atoms with Gasteiger partial charge in [0.25, 0.3) is 0 Å². The summed E-state index contributed by atoms with van der Waals surface area (Å²) in [5, 5.41) is 7.48. The monoisotopic (exact) mass is 478 g/mol. The van der Waals surface area contributed by atoms with Crippen LogP contribution < -0.4 is 15.1 Å². The number of nitrogens with one attached hydrogen (secondary N) is 1. The number of carbonyl (C=O) groups excluding carboxylic acids is 2. The molecule has 2 aliphatic heterocycles. The standard InChI is InChI=1S/C23H23ClN8O2/c1-3-19(33)30-10-9-17(13-30)32-21-15(12-31(23(32)34)16-7-5-4-6-8-16)11-25-22(27-21)26-18-14-29(2)28-20(18)24/h3-8,11,14,17H,1,9-10,12-13H2,2H3,(H,25,26,27)/t17-/m0/s1. The van der Waals surface area contributed by atoms with Crippen molar-refractivity contribution >= 4 is 46.7 Å². The van der Waals surface area contributed by atoms with Crippen LogP contribution in [0.4, 0.5) is 27.9 Å². The van der Waals surface area contributed by atoms with Gasteiger partial charge in [-0.1, -0.05) is 36.4 Å². The van der Waals surface area contributed by atoms with Crippen LogP contribution in [0.5, 0.6) is 0 Å². The maximum absolute atomic E-state index is 13.8. The lowest BCUT2D eigenvalue weighted by atomic mass is 10.1. The van der Waals surface area contributed by atoms with Gasteiger partial charge in [-0.25, -0.2) is 9.78 Å². The van der Waals surface area contributed by atoms with E-state index in [-0.39, 0.29) is 18.0 Å². The number of hydrogen-bond acceptors (Lipinski definition) is 6. The number of aryl methyl sites for hydroxylation is 1. The minimum Gasteiger partial charge on any atom is -0.337 e. The van der Waals surface area contributed by atoms with Gasteiger partial charge in [-0.15, -0.1) is 0 Å². The highest BCUT2D eigenvalue weighted by Gasteiger charge is 2.40. The number of nitrogens with zero attached hydrogens (tertiary/aromatic N) is 7. The van der Waals surface area contributed by atoms with E-state index in [0.717, 1.165) is 11.3 Å². The maximum atomic E-state index is 13.8. The summed E-state index contributed by atoms with van der Waals surface area (Å²) in [5.74, 6) is 0.674. The summed E-state index contributed by atoms with van der Waals surface area (Å²) >= 11 is 6.17. The molecule has 4 heterocycles. The fourth-order valence-corrected chi connectivity index (χ4v) is 4.54. The summed E-state index contributed by atoms with van der Waals surface area (Å²) in [5.41, 5.74) is 2.15. The van der Waals surface area contributed by atoms with Crippen LogP contribution in [0.2, 0.25) is 5.15 Å². The van der Waals surface area contributed by atoms with E-state index < -0.39 is 0 Å². The van der Waals surface area contributed by atoms with Gasteiger partial charge in [-0.05, 0) is 24.6 Å². The fraction of sp³-hybridized carbons (Fsp3) is 0.261. The van der Waals surface area contributed by atoms with Crippen LogP contribution in [0.15, 0.2) is 55.4 Å². The Labute approximate surface area is 201 Å². The zero-order chi connectivity index (χ0) is 23.8. The molecule has 10 nitrogen and oxygen atoms in total. The van der Waals surface area contributed by atoms with E-state index in [4.69, 9.17) is 16.6 Å². The number of anilines is 4. The first-order valence-electron chi connectivity index (χ1n) is 10.8. The molecule has 11 heteroatoms.